The van der Waals surface area contributed by atoms with E-state index in [1.165, 1.54) is 6.08 Å². The average Bonchev–Trinajstić information content (AvgIpc) is 2.59. The number of ether oxygens (including phenoxy) is 1. The van der Waals surface area contributed by atoms with E-state index in [4.69, 9.17) is 10.00 Å². The Bertz CT molecular complexity index is 871. The van der Waals surface area contributed by atoms with E-state index in [1.54, 1.807) is 18.2 Å². The first-order chi connectivity index (χ1) is 11.9. The molecule has 4 heteroatoms. The number of carbonyl (C=O) groups is 2. The molecule has 0 radical (unpaired) electrons. The van der Waals surface area contributed by atoms with Crippen LogP contribution >= 0.6 is 0 Å². The number of aryl methyl sites for hydroxylation is 3. The summed E-state index contributed by atoms with van der Waals surface area (Å²) in [6, 6.07) is 14.7. The zero-order valence-corrected chi connectivity index (χ0v) is 14.5. The normalized spacial score (nSPS) is 10.9. The van der Waals surface area contributed by atoms with Crippen molar-refractivity contribution in [2.75, 3.05) is 6.61 Å². The summed E-state index contributed by atoms with van der Waals surface area (Å²) in [5, 5.41) is 9.17. The third kappa shape index (κ3) is 4.89. The molecule has 0 amide bonds. The average molecular weight is 333 g/mol. The second-order valence-electron chi connectivity index (χ2n) is 5.90. The van der Waals surface area contributed by atoms with Gasteiger partial charge in [-0.3, -0.25) is 4.79 Å². The molecule has 2 aromatic carbocycles. The van der Waals surface area contributed by atoms with Gasteiger partial charge in [-0.2, -0.15) is 5.26 Å². The molecule has 0 atom stereocenters. The molecule has 0 bridgehead atoms. The fourth-order valence-electron chi connectivity index (χ4n) is 2.38. The predicted octanol–water partition coefficient (Wildman–Crippen LogP) is 3.94. The molecule has 0 aliphatic heterocycles. The Morgan fingerprint density at radius 2 is 1.68 bits per heavy atom. The fourth-order valence-corrected chi connectivity index (χ4v) is 2.38. The Morgan fingerprint density at radius 1 is 1.04 bits per heavy atom. The molecule has 0 fully saturated rings. The van der Waals surface area contributed by atoms with Gasteiger partial charge in [0.05, 0.1) is 0 Å². The lowest BCUT2D eigenvalue weighted by molar-refractivity contribution is -0.137. The van der Waals surface area contributed by atoms with Crippen LogP contribution in [0.5, 0.6) is 0 Å². The van der Waals surface area contributed by atoms with Gasteiger partial charge in [-0.25, -0.2) is 4.79 Å². The van der Waals surface area contributed by atoms with Gasteiger partial charge >= 0.3 is 5.97 Å². The van der Waals surface area contributed by atoms with Crippen LogP contribution in [0.4, 0.5) is 0 Å². The molecule has 0 spiro atoms. The van der Waals surface area contributed by atoms with Gasteiger partial charge in [-0.15, -0.1) is 0 Å². The van der Waals surface area contributed by atoms with Gasteiger partial charge in [0, 0.05) is 5.56 Å². The summed E-state index contributed by atoms with van der Waals surface area (Å²) < 4.78 is 5.01. The summed E-state index contributed by atoms with van der Waals surface area (Å²) in [5.74, 6) is -1.10. The van der Waals surface area contributed by atoms with Gasteiger partial charge in [0.2, 0.25) is 5.78 Å². The third-order valence-electron chi connectivity index (χ3n) is 3.75. The number of hydrogen-bond acceptors (Lipinski definition) is 4. The van der Waals surface area contributed by atoms with Crippen molar-refractivity contribution in [1.29, 1.82) is 5.26 Å². The molecule has 2 aromatic rings. The van der Waals surface area contributed by atoms with Crippen LogP contribution in [0, 0.1) is 32.1 Å². The van der Waals surface area contributed by atoms with Crippen LogP contribution in [-0.4, -0.2) is 18.4 Å². The Hall–Kier alpha value is -3.19. The summed E-state index contributed by atoms with van der Waals surface area (Å²) in [5.41, 5.74) is 4.06. The molecular formula is C21H19NO3. The molecule has 0 aromatic heterocycles. The Labute approximate surface area is 147 Å². The quantitative estimate of drug-likeness (QED) is 0.360. The van der Waals surface area contributed by atoms with Crippen molar-refractivity contribution < 1.29 is 14.3 Å². The first kappa shape index (κ1) is 18.2. The SMILES string of the molecule is Cc1ccc(/C=C(\C#N)C(=O)OCC(=O)c2ccc(C)cc2C)cc1. The van der Waals surface area contributed by atoms with E-state index in [-0.39, 0.29) is 11.4 Å². The van der Waals surface area contributed by atoms with Gasteiger partial charge in [0.25, 0.3) is 0 Å². The first-order valence-electron chi connectivity index (χ1n) is 7.86. The van der Waals surface area contributed by atoms with Gasteiger partial charge in [0.1, 0.15) is 11.6 Å². The van der Waals surface area contributed by atoms with Crippen LogP contribution in [0.25, 0.3) is 6.08 Å². The van der Waals surface area contributed by atoms with Crippen LogP contribution in [0.1, 0.15) is 32.6 Å². The van der Waals surface area contributed by atoms with Crippen molar-refractivity contribution >= 4 is 17.8 Å². The van der Waals surface area contributed by atoms with Crippen LogP contribution < -0.4 is 0 Å². The minimum atomic E-state index is -0.804. The van der Waals surface area contributed by atoms with Crippen LogP contribution in [0.3, 0.4) is 0 Å². The number of nitrogens with zero attached hydrogens (tertiary/aromatic N) is 1. The number of benzene rings is 2. The maximum Gasteiger partial charge on any atom is 0.349 e. The Balaban J connectivity index is 2.06. The molecule has 0 unspecified atom stereocenters. The number of carbonyl (C=O) groups excluding carboxylic acids is 2. The van der Waals surface area contributed by atoms with E-state index in [0.29, 0.717) is 5.56 Å². The highest BCUT2D eigenvalue weighted by molar-refractivity contribution is 6.02. The maximum absolute atomic E-state index is 12.2. The zero-order chi connectivity index (χ0) is 18.4. The molecule has 0 aliphatic carbocycles. The monoisotopic (exact) mass is 333 g/mol. The number of rotatable bonds is 5. The number of nitriles is 1. The van der Waals surface area contributed by atoms with Crippen LogP contribution in [0.15, 0.2) is 48.0 Å². The van der Waals surface area contributed by atoms with E-state index >= 15 is 0 Å². The van der Waals surface area contributed by atoms with E-state index in [1.807, 2.05) is 51.1 Å². The molecule has 0 saturated heterocycles. The van der Waals surface area contributed by atoms with E-state index in [9.17, 15) is 9.59 Å². The zero-order valence-electron chi connectivity index (χ0n) is 14.5. The van der Waals surface area contributed by atoms with Crippen molar-refractivity contribution in [1.82, 2.24) is 0 Å². The molecule has 0 aliphatic rings. The third-order valence-corrected chi connectivity index (χ3v) is 3.75. The summed E-state index contributed by atoms with van der Waals surface area (Å²) >= 11 is 0. The summed E-state index contributed by atoms with van der Waals surface area (Å²) in [4.78, 5) is 24.3. The van der Waals surface area contributed by atoms with Gasteiger partial charge in [0.15, 0.2) is 6.61 Å². The lowest BCUT2D eigenvalue weighted by Crippen LogP contribution is -2.16. The minimum Gasteiger partial charge on any atom is -0.453 e. The highest BCUT2D eigenvalue weighted by Gasteiger charge is 2.15. The molecule has 0 N–H and O–H groups in total. The Kier molecular flexibility index (Phi) is 5.86. The largest absolute Gasteiger partial charge is 0.453 e. The standard InChI is InChI=1S/C21H19NO3/c1-14-4-7-17(8-5-14)11-18(12-22)21(24)25-13-20(23)19-9-6-15(2)10-16(19)3/h4-11H,13H2,1-3H3/b18-11+. The molecule has 126 valence electrons. The minimum absolute atomic E-state index is 0.141. The predicted molar refractivity (Wildman–Crippen MR) is 96.0 cm³/mol. The van der Waals surface area contributed by atoms with Crippen molar-refractivity contribution in [3.05, 3.63) is 75.9 Å². The molecule has 4 nitrogen and oxygen atoms in total. The molecule has 2 rings (SSSR count). The van der Waals surface area contributed by atoms with E-state index in [0.717, 1.165) is 22.3 Å². The fraction of sp³-hybridized carbons (Fsp3) is 0.190. The van der Waals surface area contributed by atoms with Gasteiger partial charge in [-0.1, -0.05) is 53.6 Å². The summed E-state index contributed by atoms with van der Waals surface area (Å²) in [7, 11) is 0. The number of Topliss-reactive ketones (excluding diaryl/α,β-unsaturated/α-hetero) is 1. The molecular weight excluding hydrogens is 314 g/mol. The second-order valence-corrected chi connectivity index (χ2v) is 5.90. The van der Waals surface area contributed by atoms with Gasteiger partial charge in [-0.05, 0) is 38.0 Å². The van der Waals surface area contributed by atoms with Crippen molar-refractivity contribution in [2.24, 2.45) is 0 Å². The number of esters is 1. The van der Waals surface area contributed by atoms with Crippen LogP contribution in [-0.2, 0) is 9.53 Å². The summed E-state index contributed by atoms with van der Waals surface area (Å²) in [6.07, 6.45) is 1.45. The highest BCUT2D eigenvalue weighted by Crippen LogP contribution is 2.13. The van der Waals surface area contributed by atoms with Crippen LogP contribution in [0.2, 0.25) is 0 Å². The molecule has 0 saturated carbocycles. The lowest BCUT2D eigenvalue weighted by Gasteiger charge is -2.07. The topological polar surface area (TPSA) is 67.2 Å². The highest BCUT2D eigenvalue weighted by atomic mass is 16.5. The van der Waals surface area contributed by atoms with E-state index < -0.39 is 12.6 Å². The molecule has 25 heavy (non-hydrogen) atoms. The summed E-state index contributed by atoms with van der Waals surface area (Å²) in [6.45, 7) is 5.33. The van der Waals surface area contributed by atoms with Gasteiger partial charge < -0.3 is 4.74 Å². The number of hydrogen-bond donors (Lipinski definition) is 0. The number of ketones is 1. The van der Waals surface area contributed by atoms with E-state index in [2.05, 4.69) is 0 Å². The molecule has 0 heterocycles. The first-order valence-corrected chi connectivity index (χ1v) is 7.86. The van der Waals surface area contributed by atoms with Crippen molar-refractivity contribution in [3.63, 3.8) is 0 Å². The van der Waals surface area contributed by atoms with Crippen molar-refractivity contribution in [2.45, 2.75) is 20.8 Å². The maximum atomic E-state index is 12.2. The van der Waals surface area contributed by atoms with Crippen molar-refractivity contribution in [3.8, 4) is 6.07 Å². The second kappa shape index (κ2) is 8.07. The smallest absolute Gasteiger partial charge is 0.349 e. The lowest BCUT2D eigenvalue weighted by atomic mass is 10.0. The Morgan fingerprint density at radius 3 is 2.28 bits per heavy atom.